The van der Waals surface area contributed by atoms with Crippen LogP contribution < -0.4 is 10.2 Å². The van der Waals surface area contributed by atoms with Crippen LogP contribution in [0.2, 0.25) is 10.0 Å². The zero-order valence-electron chi connectivity index (χ0n) is 16.0. The van der Waals surface area contributed by atoms with Gasteiger partial charge in [-0.3, -0.25) is 9.59 Å². The Morgan fingerprint density at radius 1 is 1.21 bits per heavy atom. The quantitative estimate of drug-likeness (QED) is 0.519. The Bertz CT molecular complexity index is 1050. The molecule has 5 nitrogen and oxygen atoms in total. The molecule has 0 fully saturated rings. The number of nitrogens with zero attached hydrogens (tertiary/aromatic N) is 2. The molecule has 1 N–H and O–H groups in total. The molecular formula is C22H19Cl2N3O2. The summed E-state index contributed by atoms with van der Waals surface area (Å²) in [7, 11) is 0. The number of anilines is 2. The largest absolute Gasteiger partial charge is 0.320 e. The van der Waals surface area contributed by atoms with Crippen molar-refractivity contribution in [2.75, 3.05) is 16.8 Å². The summed E-state index contributed by atoms with van der Waals surface area (Å²) in [6.45, 7) is 4.66. The van der Waals surface area contributed by atoms with Crippen LogP contribution in [0.1, 0.15) is 25.8 Å². The first-order valence-electron chi connectivity index (χ1n) is 9.15. The predicted octanol–water partition coefficient (Wildman–Crippen LogP) is 5.30. The van der Waals surface area contributed by atoms with Gasteiger partial charge >= 0.3 is 0 Å². The van der Waals surface area contributed by atoms with E-state index in [1.165, 1.54) is 6.07 Å². The molecule has 0 unspecified atom stereocenters. The van der Waals surface area contributed by atoms with Gasteiger partial charge in [0.05, 0.1) is 22.0 Å². The summed E-state index contributed by atoms with van der Waals surface area (Å²) in [5.41, 5.74) is 1.39. The van der Waals surface area contributed by atoms with Crippen molar-refractivity contribution < 1.29 is 9.59 Å². The van der Waals surface area contributed by atoms with E-state index in [-0.39, 0.29) is 27.8 Å². The lowest BCUT2D eigenvalue weighted by molar-refractivity contribution is -0.114. The Morgan fingerprint density at radius 3 is 2.62 bits per heavy atom. The Morgan fingerprint density at radius 2 is 1.93 bits per heavy atom. The van der Waals surface area contributed by atoms with Gasteiger partial charge in [0.2, 0.25) is 0 Å². The van der Waals surface area contributed by atoms with Gasteiger partial charge < -0.3 is 10.2 Å². The number of rotatable bonds is 5. The number of para-hydroxylation sites is 1. The number of halogens is 2. The minimum Gasteiger partial charge on any atom is -0.320 e. The van der Waals surface area contributed by atoms with Crippen LogP contribution in [0.15, 0.2) is 48.0 Å². The fourth-order valence-corrected chi connectivity index (χ4v) is 3.47. The van der Waals surface area contributed by atoms with Gasteiger partial charge in [-0.05, 0) is 36.6 Å². The lowest BCUT2D eigenvalue weighted by Crippen LogP contribution is -2.29. The average molecular weight is 428 g/mol. The Kier molecular flexibility index (Phi) is 6.26. The highest BCUT2D eigenvalue weighted by Gasteiger charge is 2.36. The number of benzene rings is 2. The van der Waals surface area contributed by atoms with E-state index in [9.17, 15) is 14.9 Å². The maximum atomic E-state index is 13.1. The summed E-state index contributed by atoms with van der Waals surface area (Å²) in [5, 5.41) is 13.0. The van der Waals surface area contributed by atoms with Crippen LogP contribution >= 0.6 is 23.2 Å². The third kappa shape index (κ3) is 4.29. The van der Waals surface area contributed by atoms with Gasteiger partial charge in [-0.25, -0.2) is 0 Å². The molecule has 7 heteroatoms. The van der Waals surface area contributed by atoms with E-state index in [0.29, 0.717) is 28.7 Å². The van der Waals surface area contributed by atoms with Crippen molar-refractivity contribution in [1.29, 1.82) is 5.26 Å². The third-order valence-electron chi connectivity index (χ3n) is 4.62. The van der Waals surface area contributed by atoms with Gasteiger partial charge in [0.1, 0.15) is 11.6 Å². The first-order chi connectivity index (χ1) is 13.8. The van der Waals surface area contributed by atoms with Crippen molar-refractivity contribution in [2.24, 2.45) is 5.92 Å². The summed E-state index contributed by atoms with van der Waals surface area (Å²) < 4.78 is 0. The second kappa shape index (κ2) is 8.69. The Labute approximate surface area is 179 Å². The first-order valence-corrected chi connectivity index (χ1v) is 9.91. The molecule has 1 heterocycles. The average Bonchev–Trinajstić information content (AvgIpc) is 2.95. The number of carbonyl (C=O) groups excluding carboxylic acids is 2. The van der Waals surface area contributed by atoms with Crippen LogP contribution in [0.5, 0.6) is 0 Å². The molecule has 3 rings (SSSR count). The summed E-state index contributed by atoms with van der Waals surface area (Å²) in [4.78, 5) is 27.6. The number of fused-ring (bicyclic) bond motifs is 1. The van der Waals surface area contributed by atoms with Crippen LogP contribution in [0.4, 0.5) is 11.4 Å². The molecule has 1 aliphatic heterocycles. The maximum absolute atomic E-state index is 13.1. The van der Waals surface area contributed by atoms with Crippen LogP contribution in [0, 0.1) is 17.2 Å². The number of nitriles is 1. The number of hydrogen-bond donors (Lipinski definition) is 1. The number of carbonyl (C=O) groups is 2. The summed E-state index contributed by atoms with van der Waals surface area (Å²) >= 11 is 12.1. The zero-order valence-corrected chi connectivity index (χ0v) is 17.5. The molecule has 0 aromatic heterocycles. The molecule has 148 valence electrons. The fraction of sp³-hybridized carbons (Fsp3) is 0.227. The van der Waals surface area contributed by atoms with Gasteiger partial charge in [0.15, 0.2) is 0 Å². The SMILES string of the molecule is CC(C)CCN1C(=O)C(=C(C#N)C(=O)Nc2cc(Cl)ccc2Cl)c2ccccc21. The molecule has 29 heavy (non-hydrogen) atoms. The van der Waals surface area contributed by atoms with E-state index >= 15 is 0 Å². The standard InChI is InChI=1S/C22H19Cl2N3O2/c1-13(2)9-10-27-19-6-4-3-5-15(19)20(22(27)29)16(12-25)21(28)26-18-11-14(23)7-8-17(18)24/h3-8,11,13H,9-10H2,1-2H3,(H,26,28). The predicted molar refractivity (Wildman–Crippen MR) is 116 cm³/mol. The molecule has 0 radical (unpaired) electrons. The van der Waals surface area contributed by atoms with Crippen LogP contribution in [-0.2, 0) is 9.59 Å². The van der Waals surface area contributed by atoms with Crippen LogP contribution in [0.3, 0.4) is 0 Å². The van der Waals surface area contributed by atoms with Crippen molar-refractivity contribution in [2.45, 2.75) is 20.3 Å². The second-order valence-electron chi connectivity index (χ2n) is 7.10. The van der Waals surface area contributed by atoms with Crippen molar-refractivity contribution in [3.05, 3.63) is 63.6 Å². The number of nitrogens with one attached hydrogen (secondary N) is 1. The van der Waals surface area contributed by atoms with E-state index in [2.05, 4.69) is 19.2 Å². The summed E-state index contributed by atoms with van der Waals surface area (Å²) in [6, 6.07) is 13.7. The van der Waals surface area contributed by atoms with Crippen LogP contribution in [0.25, 0.3) is 5.57 Å². The molecule has 2 aromatic rings. The van der Waals surface area contributed by atoms with E-state index < -0.39 is 5.91 Å². The lowest BCUT2D eigenvalue weighted by Gasteiger charge is -2.18. The smallest absolute Gasteiger partial charge is 0.267 e. The molecule has 2 amide bonds. The highest BCUT2D eigenvalue weighted by molar-refractivity contribution is 6.39. The van der Waals surface area contributed by atoms with E-state index in [1.54, 1.807) is 29.2 Å². The molecule has 0 saturated carbocycles. The molecule has 0 atom stereocenters. The molecule has 0 aliphatic carbocycles. The second-order valence-corrected chi connectivity index (χ2v) is 7.94. The molecule has 2 aromatic carbocycles. The number of amides is 2. The molecule has 1 aliphatic rings. The zero-order chi connectivity index (χ0) is 21.1. The molecular weight excluding hydrogens is 409 g/mol. The topological polar surface area (TPSA) is 73.2 Å². The van der Waals surface area contributed by atoms with Crippen molar-refractivity contribution >= 4 is 52.0 Å². The minimum absolute atomic E-state index is 0.0995. The molecule has 0 bridgehead atoms. The minimum atomic E-state index is -0.708. The van der Waals surface area contributed by atoms with Crippen LogP contribution in [-0.4, -0.2) is 18.4 Å². The fourth-order valence-electron chi connectivity index (χ4n) is 3.13. The molecule has 0 saturated heterocycles. The lowest BCUT2D eigenvalue weighted by atomic mass is 10.0. The Balaban J connectivity index is 2.02. The van der Waals surface area contributed by atoms with Gasteiger partial charge in [-0.1, -0.05) is 55.2 Å². The highest BCUT2D eigenvalue weighted by atomic mass is 35.5. The van der Waals surface area contributed by atoms with Gasteiger partial charge in [-0.2, -0.15) is 5.26 Å². The van der Waals surface area contributed by atoms with E-state index in [1.807, 2.05) is 18.2 Å². The van der Waals surface area contributed by atoms with Crippen molar-refractivity contribution in [3.63, 3.8) is 0 Å². The van der Waals surface area contributed by atoms with Gasteiger partial charge in [0, 0.05) is 17.1 Å². The normalized spacial score (nSPS) is 14.6. The third-order valence-corrected chi connectivity index (χ3v) is 5.18. The van der Waals surface area contributed by atoms with Gasteiger partial charge in [-0.15, -0.1) is 0 Å². The summed E-state index contributed by atoms with van der Waals surface area (Å²) in [6.07, 6.45) is 0.805. The summed E-state index contributed by atoms with van der Waals surface area (Å²) in [5.74, 6) is -0.650. The Hall–Kier alpha value is -2.81. The van der Waals surface area contributed by atoms with Gasteiger partial charge in [0.25, 0.3) is 11.8 Å². The first kappa shape index (κ1) is 20.9. The molecule has 0 spiro atoms. The highest BCUT2D eigenvalue weighted by Crippen LogP contribution is 2.39. The maximum Gasteiger partial charge on any atom is 0.267 e. The number of hydrogen-bond acceptors (Lipinski definition) is 3. The van der Waals surface area contributed by atoms with E-state index in [4.69, 9.17) is 23.2 Å². The van der Waals surface area contributed by atoms with Crippen molar-refractivity contribution in [3.8, 4) is 6.07 Å². The van der Waals surface area contributed by atoms with Crippen molar-refractivity contribution in [1.82, 2.24) is 0 Å². The monoisotopic (exact) mass is 427 g/mol. The van der Waals surface area contributed by atoms with E-state index in [0.717, 1.165) is 6.42 Å².